The number of aromatic nitrogens is 2. The SMILES string of the molecule is CCN(CCOc1cccc(OC)c1)C(=O)c1cc(C(C)C)nn1C. The first-order chi connectivity index (χ1) is 12.0. The van der Waals surface area contributed by atoms with Crippen LogP contribution < -0.4 is 9.47 Å². The summed E-state index contributed by atoms with van der Waals surface area (Å²) >= 11 is 0. The van der Waals surface area contributed by atoms with Crippen LogP contribution in [0.25, 0.3) is 0 Å². The Kier molecular flexibility index (Phi) is 6.44. The Morgan fingerprint density at radius 1 is 1.28 bits per heavy atom. The van der Waals surface area contributed by atoms with Gasteiger partial charge in [0, 0.05) is 19.7 Å². The summed E-state index contributed by atoms with van der Waals surface area (Å²) in [5.41, 5.74) is 1.53. The highest BCUT2D eigenvalue weighted by atomic mass is 16.5. The van der Waals surface area contributed by atoms with Crippen LogP contribution in [-0.4, -0.2) is 47.4 Å². The number of methoxy groups -OCH3 is 1. The van der Waals surface area contributed by atoms with E-state index in [1.807, 2.05) is 37.3 Å². The molecule has 6 heteroatoms. The van der Waals surface area contributed by atoms with Crippen LogP contribution in [0.5, 0.6) is 11.5 Å². The molecule has 1 amide bonds. The number of hydrogen-bond donors (Lipinski definition) is 0. The van der Waals surface area contributed by atoms with Crippen molar-refractivity contribution in [3.05, 3.63) is 41.7 Å². The highest BCUT2D eigenvalue weighted by Crippen LogP contribution is 2.19. The normalized spacial score (nSPS) is 10.8. The fourth-order valence-corrected chi connectivity index (χ4v) is 2.50. The minimum atomic E-state index is -0.0290. The van der Waals surface area contributed by atoms with Gasteiger partial charge >= 0.3 is 0 Å². The summed E-state index contributed by atoms with van der Waals surface area (Å²) < 4.78 is 12.6. The number of ether oxygens (including phenoxy) is 2. The van der Waals surface area contributed by atoms with Gasteiger partial charge in [0.1, 0.15) is 23.8 Å². The number of carbonyl (C=O) groups is 1. The summed E-state index contributed by atoms with van der Waals surface area (Å²) in [5.74, 6) is 1.74. The van der Waals surface area contributed by atoms with E-state index in [1.54, 1.807) is 23.7 Å². The van der Waals surface area contributed by atoms with Gasteiger partial charge in [0.05, 0.1) is 19.3 Å². The van der Waals surface area contributed by atoms with E-state index in [-0.39, 0.29) is 5.91 Å². The number of amides is 1. The van der Waals surface area contributed by atoms with Crippen molar-refractivity contribution in [3.8, 4) is 11.5 Å². The standard InChI is InChI=1S/C19H27N3O3/c1-6-22(10-11-25-16-9-7-8-15(12-16)24-5)19(23)18-13-17(14(2)3)20-21(18)4/h7-9,12-14H,6,10-11H2,1-5H3. The van der Waals surface area contributed by atoms with Gasteiger partial charge in [-0.3, -0.25) is 9.48 Å². The van der Waals surface area contributed by atoms with E-state index >= 15 is 0 Å². The van der Waals surface area contributed by atoms with E-state index in [2.05, 4.69) is 18.9 Å². The average molecular weight is 345 g/mol. The Morgan fingerprint density at radius 2 is 2.00 bits per heavy atom. The highest BCUT2D eigenvalue weighted by Gasteiger charge is 2.20. The van der Waals surface area contributed by atoms with Crippen molar-refractivity contribution in [1.82, 2.24) is 14.7 Å². The molecule has 0 N–H and O–H groups in total. The lowest BCUT2D eigenvalue weighted by Crippen LogP contribution is -2.35. The first-order valence-corrected chi connectivity index (χ1v) is 8.56. The molecule has 0 bridgehead atoms. The van der Waals surface area contributed by atoms with Gasteiger partial charge in [-0.1, -0.05) is 19.9 Å². The zero-order valence-corrected chi connectivity index (χ0v) is 15.7. The monoisotopic (exact) mass is 345 g/mol. The summed E-state index contributed by atoms with van der Waals surface area (Å²) in [6, 6.07) is 9.31. The molecule has 0 saturated carbocycles. The van der Waals surface area contributed by atoms with E-state index in [0.29, 0.717) is 31.3 Å². The summed E-state index contributed by atoms with van der Waals surface area (Å²) in [7, 11) is 3.43. The maximum absolute atomic E-state index is 12.8. The molecule has 0 aliphatic rings. The van der Waals surface area contributed by atoms with Crippen molar-refractivity contribution < 1.29 is 14.3 Å². The number of aryl methyl sites for hydroxylation is 1. The van der Waals surface area contributed by atoms with Crippen LogP contribution >= 0.6 is 0 Å². The number of carbonyl (C=O) groups excluding carboxylic acids is 1. The Hall–Kier alpha value is -2.50. The molecule has 0 spiro atoms. The Morgan fingerprint density at radius 3 is 2.60 bits per heavy atom. The van der Waals surface area contributed by atoms with Gasteiger partial charge in [0.2, 0.25) is 0 Å². The lowest BCUT2D eigenvalue weighted by Gasteiger charge is -2.21. The minimum Gasteiger partial charge on any atom is -0.497 e. The van der Waals surface area contributed by atoms with E-state index in [1.165, 1.54) is 0 Å². The van der Waals surface area contributed by atoms with Crippen LogP contribution in [0, 0.1) is 0 Å². The minimum absolute atomic E-state index is 0.0290. The first-order valence-electron chi connectivity index (χ1n) is 8.56. The van der Waals surface area contributed by atoms with Crippen molar-refractivity contribution in [3.63, 3.8) is 0 Å². The summed E-state index contributed by atoms with van der Waals surface area (Å²) in [6.07, 6.45) is 0. The van der Waals surface area contributed by atoms with Gasteiger partial charge in [0.25, 0.3) is 5.91 Å². The van der Waals surface area contributed by atoms with Gasteiger partial charge in [-0.15, -0.1) is 0 Å². The second-order valence-corrected chi connectivity index (χ2v) is 6.15. The summed E-state index contributed by atoms with van der Waals surface area (Å²) in [4.78, 5) is 14.5. The van der Waals surface area contributed by atoms with Crippen LogP contribution in [0.1, 0.15) is 42.9 Å². The Balaban J connectivity index is 1.98. The molecule has 0 saturated heterocycles. The number of likely N-dealkylation sites (N-methyl/N-ethyl adjacent to an activating group) is 1. The van der Waals surface area contributed by atoms with Crippen LogP contribution in [0.15, 0.2) is 30.3 Å². The topological polar surface area (TPSA) is 56.6 Å². The molecule has 0 unspecified atom stereocenters. The fraction of sp³-hybridized carbons (Fsp3) is 0.474. The molecule has 0 aliphatic heterocycles. The molecular weight excluding hydrogens is 318 g/mol. The van der Waals surface area contributed by atoms with Gasteiger partial charge in [0.15, 0.2) is 0 Å². The predicted octanol–water partition coefficient (Wildman–Crippen LogP) is 3.09. The van der Waals surface area contributed by atoms with E-state index in [9.17, 15) is 4.79 Å². The lowest BCUT2D eigenvalue weighted by atomic mass is 10.1. The van der Waals surface area contributed by atoms with Crippen LogP contribution in [0.3, 0.4) is 0 Å². The lowest BCUT2D eigenvalue weighted by molar-refractivity contribution is 0.0728. The molecule has 0 atom stereocenters. The molecule has 1 heterocycles. The third-order valence-corrected chi connectivity index (χ3v) is 4.05. The molecule has 1 aromatic carbocycles. The largest absolute Gasteiger partial charge is 0.497 e. The number of benzene rings is 1. The van der Waals surface area contributed by atoms with Crippen LogP contribution in [0.4, 0.5) is 0 Å². The molecule has 0 radical (unpaired) electrons. The van der Waals surface area contributed by atoms with Crippen molar-refractivity contribution in [2.45, 2.75) is 26.7 Å². The maximum atomic E-state index is 12.8. The third-order valence-electron chi connectivity index (χ3n) is 4.05. The van der Waals surface area contributed by atoms with Crippen molar-refractivity contribution in [2.75, 3.05) is 26.8 Å². The van der Waals surface area contributed by atoms with Crippen LogP contribution in [0.2, 0.25) is 0 Å². The molecule has 1 aromatic heterocycles. The fourth-order valence-electron chi connectivity index (χ4n) is 2.50. The smallest absolute Gasteiger partial charge is 0.272 e. The molecule has 0 fully saturated rings. The quantitative estimate of drug-likeness (QED) is 0.738. The van der Waals surface area contributed by atoms with E-state index < -0.39 is 0 Å². The number of nitrogens with zero attached hydrogens (tertiary/aromatic N) is 3. The third kappa shape index (κ3) is 4.75. The molecule has 25 heavy (non-hydrogen) atoms. The van der Waals surface area contributed by atoms with Gasteiger partial charge in [-0.25, -0.2) is 0 Å². The van der Waals surface area contributed by atoms with Gasteiger partial charge in [-0.2, -0.15) is 5.10 Å². The van der Waals surface area contributed by atoms with E-state index in [0.717, 1.165) is 17.2 Å². The van der Waals surface area contributed by atoms with Crippen molar-refractivity contribution in [2.24, 2.45) is 7.05 Å². The zero-order chi connectivity index (χ0) is 18.4. The van der Waals surface area contributed by atoms with Crippen molar-refractivity contribution >= 4 is 5.91 Å². The zero-order valence-electron chi connectivity index (χ0n) is 15.7. The second kappa shape index (κ2) is 8.55. The average Bonchev–Trinajstić information content (AvgIpc) is 3.00. The first kappa shape index (κ1) is 18.8. The molecule has 6 nitrogen and oxygen atoms in total. The molecule has 2 rings (SSSR count). The van der Waals surface area contributed by atoms with Crippen molar-refractivity contribution in [1.29, 1.82) is 0 Å². The molecule has 136 valence electrons. The molecule has 0 aliphatic carbocycles. The second-order valence-electron chi connectivity index (χ2n) is 6.15. The predicted molar refractivity (Wildman–Crippen MR) is 97.4 cm³/mol. The van der Waals surface area contributed by atoms with Gasteiger partial charge < -0.3 is 14.4 Å². The van der Waals surface area contributed by atoms with E-state index in [4.69, 9.17) is 9.47 Å². The number of hydrogen-bond acceptors (Lipinski definition) is 4. The maximum Gasteiger partial charge on any atom is 0.272 e. The van der Waals surface area contributed by atoms with Gasteiger partial charge in [-0.05, 0) is 31.0 Å². The Labute approximate surface area is 149 Å². The molecular formula is C19H27N3O3. The highest BCUT2D eigenvalue weighted by molar-refractivity contribution is 5.92. The number of rotatable bonds is 8. The molecule has 2 aromatic rings. The summed E-state index contributed by atoms with van der Waals surface area (Å²) in [5, 5.41) is 4.42. The summed E-state index contributed by atoms with van der Waals surface area (Å²) in [6.45, 7) is 7.63. The Bertz CT molecular complexity index is 710. The van der Waals surface area contributed by atoms with Crippen LogP contribution in [-0.2, 0) is 7.05 Å².